The smallest absolute Gasteiger partial charge is 0.319 e. The van der Waals surface area contributed by atoms with E-state index in [4.69, 9.17) is 4.74 Å². The molecule has 26 heavy (non-hydrogen) atoms. The van der Waals surface area contributed by atoms with Crippen LogP contribution in [-0.4, -0.2) is 37.0 Å². The molecule has 136 valence electrons. The van der Waals surface area contributed by atoms with Gasteiger partial charge in [0.15, 0.2) is 0 Å². The number of carbonyl (C=O) groups is 2. The summed E-state index contributed by atoms with van der Waals surface area (Å²) in [5.74, 6) is 0.519. The first-order chi connectivity index (χ1) is 12.6. The van der Waals surface area contributed by atoms with E-state index in [1.165, 1.54) is 0 Å². The van der Waals surface area contributed by atoms with Crippen molar-refractivity contribution < 1.29 is 14.3 Å². The molecule has 6 nitrogen and oxygen atoms in total. The minimum Gasteiger partial charge on any atom is -0.497 e. The van der Waals surface area contributed by atoms with E-state index in [-0.39, 0.29) is 12.5 Å². The quantitative estimate of drug-likeness (QED) is 0.717. The van der Waals surface area contributed by atoms with Crippen LogP contribution < -0.4 is 15.4 Å². The monoisotopic (exact) mass is 353 g/mol. The largest absolute Gasteiger partial charge is 0.497 e. The number of anilines is 1. The molecule has 0 heterocycles. The number of nitrogens with one attached hydrogen (secondary N) is 2. The third-order valence-corrected chi connectivity index (χ3v) is 3.67. The third kappa shape index (κ3) is 5.98. The average molecular weight is 353 g/mol. The van der Waals surface area contributed by atoms with Crippen molar-refractivity contribution in [2.45, 2.75) is 6.54 Å². The molecule has 0 aliphatic rings. The maximum atomic E-state index is 12.4. The van der Waals surface area contributed by atoms with Crippen molar-refractivity contribution in [2.75, 3.05) is 25.5 Å². The van der Waals surface area contributed by atoms with Crippen molar-refractivity contribution in [2.24, 2.45) is 0 Å². The Bertz CT molecular complexity index is 730. The molecular weight excluding hydrogens is 330 g/mol. The number of hydrogen-bond acceptors (Lipinski definition) is 3. The molecule has 0 spiro atoms. The van der Waals surface area contributed by atoms with Crippen molar-refractivity contribution in [1.82, 2.24) is 10.2 Å². The van der Waals surface area contributed by atoms with E-state index >= 15 is 0 Å². The molecule has 0 saturated carbocycles. The SMILES string of the molecule is C=CCN(Cc1ccccc1)C(=O)CNC(=O)Nc1ccc(OC)cc1. The number of benzene rings is 2. The van der Waals surface area contributed by atoms with Crippen LogP contribution in [0.4, 0.5) is 10.5 Å². The lowest BCUT2D eigenvalue weighted by Crippen LogP contribution is -2.41. The topological polar surface area (TPSA) is 70.7 Å². The van der Waals surface area contributed by atoms with Gasteiger partial charge in [0.05, 0.1) is 13.7 Å². The molecule has 2 aromatic carbocycles. The van der Waals surface area contributed by atoms with Crippen LogP contribution in [0.15, 0.2) is 67.3 Å². The van der Waals surface area contributed by atoms with Gasteiger partial charge in [0, 0.05) is 18.8 Å². The normalized spacial score (nSPS) is 9.88. The summed E-state index contributed by atoms with van der Waals surface area (Å²) in [6.45, 7) is 4.47. The van der Waals surface area contributed by atoms with E-state index in [0.717, 1.165) is 5.56 Å². The molecule has 0 aliphatic carbocycles. The highest BCUT2D eigenvalue weighted by atomic mass is 16.5. The second-order valence-corrected chi connectivity index (χ2v) is 5.58. The number of carbonyl (C=O) groups excluding carboxylic acids is 2. The van der Waals surface area contributed by atoms with Crippen molar-refractivity contribution in [1.29, 1.82) is 0 Å². The molecule has 0 bridgehead atoms. The molecule has 3 amide bonds. The van der Waals surface area contributed by atoms with Gasteiger partial charge in [0.25, 0.3) is 0 Å². The van der Waals surface area contributed by atoms with E-state index in [2.05, 4.69) is 17.2 Å². The Morgan fingerprint density at radius 1 is 1.12 bits per heavy atom. The molecule has 2 aromatic rings. The molecule has 0 aromatic heterocycles. The van der Waals surface area contributed by atoms with Gasteiger partial charge in [-0.1, -0.05) is 36.4 Å². The number of amides is 3. The second-order valence-electron chi connectivity index (χ2n) is 5.58. The lowest BCUT2D eigenvalue weighted by atomic mass is 10.2. The second kappa shape index (κ2) is 9.88. The number of urea groups is 1. The first-order valence-corrected chi connectivity index (χ1v) is 8.24. The predicted octanol–water partition coefficient (Wildman–Crippen LogP) is 3.03. The molecule has 6 heteroatoms. The van der Waals surface area contributed by atoms with Gasteiger partial charge in [-0.15, -0.1) is 6.58 Å². The molecule has 2 N–H and O–H groups in total. The molecule has 0 radical (unpaired) electrons. The summed E-state index contributed by atoms with van der Waals surface area (Å²) >= 11 is 0. The van der Waals surface area contributed by atoms with E-state index in [9.17, 15) is 9.59 Å². The molecule has 0 unspecified atom stereocenters. The van der Waals surface area contributed by atoms with Crippen LogP contribution in [0.2, 0.25) is 0 Å². The predicted molar refractivity (Wildman–Crippen MR) is 102 cm³/mol. The molecule has 2 rings (SSSR count). The van der Waals surface area contributed by atoms with Crippen LogP contribution >= 0.6 is 0 Å². The lowest BCUT2D eigenvalue weighted by Gasteiger charge is -2.21. The van der Waals surface area contributed by atoms with E-state index < -0.39 is 6.03 Å². The van der Waals surface area contributed by atoms with Gasteiger partial charge in [-0.3, -0.25) is 4.79 Å². The standard InChI is InChI=1S/C20H23N3O3/c1-3-13-23(15-16-7-5-4-6-8-16)19(24)14-21-20(25)22-17-9-11-18(26-2)12-10-17/h3-12H,1,13-15H2,2H3,(H2,21,22,25). The minimum absolute atomic E-state index is 0.0946. The van der Waals surface area contributed by atoms with Gasteiger partial charge in [0.2, 0.25) is 5.91 Å². The first-order valence-electron chi connectivity index (χ1n) is 8.24. The van der Waals surface area contributed by atoms with E-state index in [1.807, 2.05) is 30.3 Å². The highest BCUT2D eigenvalue weighted by Crippen LogP contribution is 2.14. The van der Waals surface area contributed by atoms with Gasteiger partial charge < -0.3 is 20.3 Å². The Labute approximate surface area is 153 Å². The van der Waals surface area contributed by atoms with Crippen molar-refractivity contribution in [3.05, 3.63) is 72.8 Å². The Hall–Kier alpha value is -3.28. The van der Waals surface area contributed by atoms with Gasteiger partial charge in [-0.2, -0.15) is 0 Å². The first kappa shape index (κ1) is 19.1. The summed E-state index contributed by atoms with van der Waals surface area (Å²) < 4.78 is 5.06. The fourth-order valence-corrected chi connectivity index (χ4v) is 2.33. The fourth-order valence-electron chi connectivity index (χ4n) is 2.33. The van der Waals surface area contributed by atoms with Gasteiger partial charge in [-0.25, -0.2) is 4.79 Å². The van der Waals surface area contributed by atoms with Crippen LogP contribution in [-0.2, 0) is 11.3 Å². The Balaban J connectivity index is 1.85. The molecule has 0 saturated heterocycles. The fraction of sp³-hybridized carbons (Fsp3) is 0.200. The van der Waals surface area contributed by atoms with Crippen molar-refractivity contribution in [3.8, 4) is 5.75 Å². The van der Waals surface area contributed by atoms with Crippen LogP contribution in [0.3, 0.4) is 0 Å². The van der Waals surface area contributed by atoms with Crippen LogP contribution in [0, 0.1) is 0 Å². The summed E-state index contributed by atoms with van der Waals surface area (Å²) in [5.41, 5.74) is 1.63. The zero-order valence-corrected chi connectivity index (χ0v) is 14.8. The summed E-state index contributed by atoms with van der Waals surface area (Å²) in [6, 6.07) is 16.2. The van der Waals surface area contributed by atoms with Crippen molar-refractivity contribution in [3.63, 3.8) is 0 Å². The lowest BCUT2D eigenvalue weighted by molar-refractivity contribution is -0.130. The summed E-state index contributed by atoms with van der Waals surface area (Å²) in [7, 11) is 1.57. The van der Waals surface area contributed by atoms with Gasteiger partial charge in [0.1, 0.15) is 5.75 Å². The van der Waals surface area contributed by atoms with Gasteiger partial charge in [-0.05, 0) is 29.8 Å². The number of ether oxygens (including phenoxy) is 1. The molecule has 0 fully saturated rings. The van der Waals surface area contributed by atoms with Crippen LogP contribution in [0.1, 0.15) is 5.56 Å². The number of hydrogen-bond donors (Lipinski definition) is 2. The average Bonchev–Trinajstić information content (AvgIpc) is 2.67. The summed E-state index contributed by atoms with van der Waals surface area (Å²) in [4.78, 5) is 26.0. The minimum atomic E-state index is -0.443. The van der Waals surface area contributed by atoms with Crippen LogP contribution in [0.5, 0.6) is 5.75 Å². The zero-order valence-electron chi connectivity index (χ0n) is 14.8. The molecule has 0 aliphatic heterocycles. The number of methoxy groups -OCH3 is 1. The van der Waals surface area contributed by atoms with Crippen molar-refractivity contribution >= 4 is 17.6 Å². The number of rotatable bonds is 8. The highest BCUT2D eigenvalue weighted by molar-refractivity contribution is 5.92. The maximum absolute atomic E-state index is 12.4. The van der Waals surface area contributed by atoms with Crippen LogP contribution in [0.25, 0.3) is 0 Å². The maximum Gasteiger partial charge on any atom is 0.319 e. The van der Waals surface area contributed by atoms with Gasteiger partial charge >= 0.3 is 6.03 Å². The van der Waals surface area contributed by atoms with E-state index in [1.54, 1.807) is 42.4 Å². The summed E-state index contributed by atoms with van der Waals surface area (Å²) in [6.07, 6.45) is 1.66. The highest BCUT2D eigenvalue weighted by Gasteiger charge is 2.14. The Morgan fingerprint density at radius 3 is 2.42 bits per heavy atom. The molecule has 0 atom stereocenters. The third-order valence-electron chi connectivity index (χ3n) is 3.67. The Morgan fingerprint density at radius 2 is 1.81 bits per heavy atom. The Kier molecular flexibility index (Phi) is 7.24. The zero-order chi connectivity index (χ0) is 18.8. The van der Waals surface area contributed by atoms with E-state index in [0.29, 0.717) is 24.5 Å². The number of nitrogens with zero attached hydrogens (tertiary/aromatic N) is 1. The molecular formula is C20H23N3O3. The summed E-state index contributed by atoms with van der Waals surface area (Å²) in [5, 5.41) is 5.25.